The van der Waals surface area contributed by atoms with E-state index in [9.17, 15) is 0 Å². The number of benzene rings is 3. The fourth-order valence-electron chi connectivity index (χ4n) is 3.84. The number of hydrogen-bond donors (Lipinski definition) is 0. The van der Waals surface area contributed by atoms with Crippen molar-refractivity contribution in [2.75, 3.05) is 0 Å². The summed E-state index contributed by atoms with van der Waals surface area (Å²) < 4.78 is 2.33. The van der Waals surface area contributed by atoms with Gasteiger partial charge in [0.05, 0.1) is 6.33 Å². The van der Waals surface area contributed by atoms with Crippen LogP contribution in [0.3, 0.4) is 0 Å². The molecule has 0 aliphatic carbocycles. The minimum absolute atomic E-state index is 0.453. The fraction of sp³-hybridized carbons (Fsp3) is 0.125. The number of imidazole rings is 1. The highest BCUT2D eigenvalue weighted by Crippen LogP contribution is 2.41. The molecule has 0 bridgehead atoms. The third-order valence-corrected chi connectivity index (χ3v) is 5.01. The third-order valence-electron chi connectivity index (χ3n) is 5.01. The van der Waals surface area contributed by atoms with Crippen LogP contribution in [0.25, 0.3) is 0 Å². The predicted octanol–water partition coefficient (Wildman–Crippen LogP) is 5.29. The van der Waals surface area contributed by atoms with Crippen LogP contribution >= 0.6 is 0 Å². The van der Waals surface area contributed by atoms with E-state index < -0.39 is 5.54 Å². The number of aromatic nitrogens is 2. The standard InChI is InChI=1S/C24H22N2/c1-2-23-18-25-19-26(23)24(20-12-6-3-7-13-20,21-14-8-4-9-15-21)22-16-10-5-11-17-22/h3-19H,2H2,1H3. The van der Waals surface area contributed by atoms with Crippen LogP contribution in [0.1, 0.15) is 29.3 Å². The monoisotopic (exact) mass is 338 g/mol. The maximum Gasteiger partial charge on any atom is 0.121 e. The second-order valence-corrected chi connectivity index (χ2v) is 6.42. The molecule has 0 spiro atoms. The largest absolute Gasteiger partial charge is 0.316 e. The van der Waals surface area contributed by atoms with Crippen LogP contribution in [0.2, 0.25) is 0 Å². The van der Waals surface area contributed by atoms with E-state index in [0.29, 0.717) is 0 Å². The van der Waals surface area contributed by atoms with E-state index in [1.165, 1.54) is 22.4 Å². The minimum atomic E-state index is -0.453. The molecule has 128 valence electrons. The van der Waals surface area contributed by atoms with E-state index in [-0.39, 0.29) is 0 Å². The molecule has 2 nitrogen and oxygen atoms in total. The summed E-state index contributed by atoms with van der Waals surface area (Å²) in [6, 6.07) is 32.1. The maximum atomic E-state index is 4.50. The summed E-state index contributed by atoms with van der Waals surface area (Å²) in [5.41, 5.74) is 4.44. The molecule has 4 aromatic rings. The molecule has 4 rings (SSSR count). The smallest absolute Gasteiger partial charge is 0.121 e. The Labute approximate surface area is 154 Å². The zero-order valence-corrected chi connectivity index (χ0v) is 14.9. The van der Waals surface area contributed by atoms with E-state index in [0.717, 1.165) is 6.42 Å². The van der Waals surface area contributed by atoms with Crippen molar-refractivity contribution >= 4 is 0 Å². The Balaban J connectivity index is 2.15. The minimum Gasteiger partial charge on any atom is -0.316 e. The first-order valence-electron chi connectivity index (χ1n) is 9.05. The highest BCUT2D eigenvalue weighted by molar-refractivity contribution is 5.51. The molecule has 0 unspecified atom stereocenters. The first-order chi connectivity index (χ1) is 12.9. The molecule has 1 aromatic heterocycles. The van der Waals surface area contributed by atoms with Crippen molar-refractivity contribution in [3.63, 3.8) is 0 Å². The van der Waals surface area contributed by atoms with E-state index in [2.05, 4.69) is 107 Å². The van der Waals surface area contributed by atoms with E-state index in [1.54, 1.807) is 0 Å². The molecule has 0 radical (unpaired) electrons. The molecular weight excluding hydrogens is 316 g/mol. The van der Waals surface area contributed by atoms with Crippen molar-refractivity contribution in [1.29, 1.82) is 0 Å². The zero-order chi connectivity index (χ0) is 17.8. The average Bonchev–Trinajstić information content (AvgIpc) is 3.20. The summed E-state index contributed by atoms with van der Waals surface area (Å²) in [4.78, 5) is 4.50. The average molecular weight is 338 g/mol. The molecule has 0 atom stereocenters. The molecule has 0 aliphatic heterocycles. The van der Waals surface area contributed by atoms with Gasteiger partial charge in [0, 0.05) is 11.9 Å². The molecule has 2 heteroatoms. The van der Waals surface area contributed by atoms with Crippen molar-refractivity contribution in [3.8, 4) is 0 Å². The summed E-state index contributed by atoms with van der Waals surface area (Å²) in [6.45, 7) is 2.18. The van der Waals surface area contributed by atoms with Gasteiger partial charge in [0.1, 0.15) is 5.54 Å². The number of hydrogen-bond acceptors (Lipinski definition) is 1. The molecule has 0 fully saturated rings. The highest BCUT2D eigenvalue weighted by atomic mass is 15.1. The molecule has 0 aliphatic rings. The molecule has 0 amide bonds. The Morgan fingerprint density at radius 3 is 1.50 bits per heavy atom. The van der Waals surface area contributed by atoms with Gasteiger partial charge in [-0.2, -0.15) is 0 Å². The Kier molecular flexibility index (Phi) is 4.40. The Morgan fingerprint density at radius 2 is 1.12 bits per heavy atom. The summed E-state index contributed by atoms with van der Waals surface area (Å²) in [7, 11) is 0. The van der Waals surface area contributed by atoms with Crippen molar-refractivity contribution in [1.82, 2.24) is 9.55 Å². The lowest BCUT2D eigenvalue weighted by molar-refractivity contribution is 0.497. The van der Waals surface area contributed by atoms with Gasteiger partial charge in [0.25, 0.3) is 0 Å². The summed E-state index contributed by atoms with van der Waals surface area (Å²) in [6.07, 6.45) is 4.86. The lowest BCUT2D eigenvalue weighted by Crippen LogP contribution is -2.38. The molecule has 0 N–H and O–H groups in total. The number of nitrogens with zero attached hydrogens (tertiary/aromatic N) is 2. The second kappa shape index (κ2) is 7.01. The van der Waals surface area contributed by atoms with Gasteiger partial charge in [-0.15, -0.1) is 0 Å². The number of rotatable bonds is 5. The molecule has 1 heterocycles. The Morgan fingerprint density at radius 1 is 0.692 bits per heavy atom. The van der Waals surface area contributed by atoms with E-state index >= 15 is 0 Å². The zero-order valence-electron chi connectivity index (χ0n) is 14.9. The third kappa shape index (κ3) is 2.55. The summed E-state index contributed by atoms with van der Waals surface area (Å²) >= 11 is 0. The van der Waals surface area contributed by atoms with Crippen molar-refractivity contribution in [2.24, 2.45) is 0 Å². The molecule has 0 saturated carbocycles. The molecule has 0 saturated heterocycles. The SMILES string of the molecule is CCc1cncn1C(c1ccccc1)(c1ccccc1)c1ccccc1. The van der Waals surface area contributed by atoms with Crippen molar-refractivity contribution in [2.45, 2.75) is 18.9 Å². The summed E-state index contributed by atoms with van der Waals surface area (Å²) in [5.74, 6) is 0. The van der Waals surface area contributed by atoms with Crippen molar-refractivity contribution in [3.05, 3.63) is 126 Å². The van der Waals surface area contributed by atoms with Crippen LogP contribution in [-0.4, -0.2) is 9.55 Å². The molecule has 26 heavy (non-hydrogen) atoms. The van der Waals surface area contributed by atoms with Gasteiger partial charge < -0.3 is 4.57 Å². The first kappa shape index (κ1) is 16.3. The topological polar surface area (TPSA) is 17.8 Å². The molecular formula is C24H22N2. The van der Waals surface area contributed by atoms with Gasteiger partial charge >= 0.3 is 0 Å². The highest BCUT2D eigenvalue weighted by Gasteiger charge is 2.39. The second-order valence-electron chi connectivity index (χ2n) is 6.42. The van der Waals surface area contributed by atoms with Crippen LogP contribution < -0.4 is 0 Å². The van der Waals surface area contributed by atoms with Crippen LogP contribution in [-0.2, 0) is 12.0 Å². The van der Waals surface area contributed by atoms with Gasteiger partial charge in [-0.1, -0.05) is 97.9 Å². The van der Waals surface area contributed by atoms with Gasteiger partial charge in [0.2, 0.25) is 0 Å². The predicted molar refractivity (Wildman–Crippen MR) is 106 cm³/mol. The Bertz CT molecular complexity index is 860. The van der Waals surface area contributed by atoms with Crippen LogP contribution in [0, 0.1) is 0 Å². The normalized spacial score (nSPS) is 11.4. The molecule has 3 aromatic carbocycles. The van der Waals surface area contributed by atoms with Gasteiger partial charge in [-0.25, -0.2) is 4.98 Å². The van der Waals surface area contributed by atoms with Crippen LogP contribution in [0.4, 0.5) is 0 Å². The maximum absolute atomic E-state index is 4.50. The number of aryl methyl sites for hydroxylation is 1. The van der Waals surface area contributed by atoms with Crippen LogP contribution in [0.5, 0.6) is 0 Å². The lowest BCUT2D eigenvalue weighted by atomic mass is 9.76. The van der Waals surface area contributed by atoms with Gasteiger partial charge in [0.15, 0.2) is 0 Å². The fourth-order valence-corrected chi connectivity index (χ4v) is 3.84. The summed E-state index contributed by atoms with van der Waals surface area (Å²) in [5, 5.41) is 0. The first-order valence-corrected chi connectivity index (χ1v) is 9.05. The van der Waals surface area contributed by atoms with E-state index in [4.69, 9.17) is 0 Å². The van der Waals surface area contributed by atoms with Crippen LogP contribution in [0.15, 0.2) is 104 Å². The van der Waals surface area contributed by atoms with E-state index in [1.807, 2.05) is 12.5 Å². The van der Waals surface area contributed by atoms with Gasteiger partial charge in [-0.3, -0.25) is 0 Å². The van der Waals surface area contributed by atoms with Crippen molar-refractivity contribution < 1.29 is 0 Å². The van der Waals surface area contributed by atoms with Gasteiger partial charge in [-0.05, 0) is 23.1 Å². The lowest BCUT2D eigenvalue weighted by Gasteiger charge is -2.38. The quantitative estimate of drug-likeness (QED) is 0.452. The Hall–Kier alpha value is -3.13.